The van der Waals surface area contributed by atoms with Gasteiger partial charge in [-0.2, -0.15) is 0 Å². The molecule has 1 amide bonds. The number of amides is 1. The molecule has 0 saturated carbocycles. The van der Waals surface area contributed by atoms with Crippen LogP contribution in [-0.4, -0.2) is 24.9 Å². The Balaban J connectivity index is 1.51. The molecule has 0 aliphatic heterocycles. The molecular formula is C25H25NO3. The molecule has 0 radical (unpaired) electrons. The van der Waals surface area contributed by atoms with Crippen molar-refractivity contribution < 1.29 is 14.3 Å². The molecule has 3 aromatic carbocycles. The number of ether oxygens (including phenoxy) is 2. The third kappa shape index (κ3) is 4.11. The summed E-state index contributed by atoms with van der Waals surface area (Å²) < 4.78 is 12.4. The first kappa shape index (κ1) is 19.1. The van der Waals surface area contributed by atoms with Crippen LogP contribution < -0.4 is 9.47 Å². The van der Waals surface area contributed by atoms with E-state index in [9.17, 15) is 4.79 Å². The summed E-state index contributed by atoms with van der Waals surface area (Å²) in [5.74, 6) is 2.44. The summed E-state index contributed by atoms with van der Waals surface area (Å²) in [5, 5.41) is 0. The lowest BCUT2D eigenvalue weighted by Crippen LogP contribution is -2.21. The number of hydrogen-bond acceptors (Lipinski definition) is 3. The zero-order valence-corrected chi connectivity index (χ0v) is 17.0. The standard InChI is InChI=1S/C25H25NO3/c1-17-7-11-19(12-8-17)29-24-16-15-22-21(24)5-4-6-23(22)28-20-13-9-18(10-14-20)25(27)26(2)3/h4-14,24H,15-16H2,1-3H3/t24-/m1/s1. The minimum atomic E-state index is -0.0201. The molecule has 3 aromatic rings. The first-order chi connectivity index (χ1) is 14.0. The van der Waals surface area contributed by atoms with Crippen LogP contribution in [0.4, 0.5) is 0 Å². The molecule has 4 rings (SSSR count). The maximum Gasteiger partial charge on any atom is 0.253 e. The van der Waals surface area contributed by atoms with E-state index < -0.39 is 0 Å². The molecule has 0 N–H and O–H groups in total. The van der Waals surface area contributed by atoms with Gasteiger partial charge in [0.25, 0.3) is 5.91 Å². The minimum absolute atomic E-state index is 0.0201. The predicted molar refractivity (Wildman–Crippen MR) is 114 cm³/mol. The Morgan fingerprint density at radius 1 is 0.931 bits per heavy atom. The molecule has 4 heteroatoms. The highest BCUT2D eigenvalue weighted by Crippen LogP contribution is 2.40. The van der Waals surface area contributed by atoms with Crippen LogP contribution in [0.2, 0.25) is 0 Å². The zero-order valence-electron chi connectivity index (χ0n) is 17.0. The van der Waals surface area contributed by atoms with Crippen molar-refractivity contribution in [3.63, 3.8) is 0 Å². The van der Waals surface area contributed by atoms with E-state index in [4.69, 9.17) is 9.47 Å². The number of fused-ring (bicyclic) bond motifs is 1. The van der Waals surface area contributed by atoms with Gasteiger partial charge in [-0.05, 0) is 67.8 Å². The maximum atomic E-state index is 12.0. The van der Waals surface area contributed by atoms with Crippen LogP contribution in [0.15, 0.2) is 66.7 Å². The Bertz CT molecular complexity index is 1010. The molecule has 0 fully saturated rings. The fraction of sp³-hybridized carbons (Fsp3) is 0.240. The van der Waals surface area contributed by atoms with Gasteiger partial charge in [0, 0.05) is 25.2 Å². The van der Waals surface area contributed by atoms with Gasteiger partial charge in [-0.1, -0.05) is 29.8 Å². The van der Waals surface area contributed by atoms with E-state index >= 15 is 0 Å². The van der Waals surface area contributed by atoms with E-state index in [2.05, 4.69) is 25.1 Å². The predicted octanol–water partition coefficient (Wildman–Crippen LogP) is 5.56. The van der Waals surface area contributed by atoms with Crippen LogP contribution in [0.25, 0.3) is 0 Å². The Morgan fingerprint density at radius 3 is 2.31 bits per heavy atom. The van der Waals surface area contributed by atoms with Crippen molar-refractivity contribution in [2.75, 3.05) is 14.1 Å². The molecular weight excluding hydrogens is 362 g/mol. The second-order valence-corrected chi connectivity index (χ2v) is 7.61. The first-order valence-electron chi connectivity index (χ1n) is 9.86. The minimum Gasteiger partial charge on any atom is -0.486 e. The quantitative estimate of drug-likeness (QED) is 0.576. The van der Waals surface area contributed by atoms with Crippen LogP contribution in [0, 0.1) is 6.92 Å². The molecule has 0 bridgehead atoms. The number of benzene rings is 3. The van der Waals surface area contributed by atoms with Crippen molar-refractivity contribution in [3.05, 3.63) is 89.0 Å². The molecule has 0 spiro atoms. The number of aryl methyl sites for hydroxylation is 1. The summed E-state index contributed by atoms with van der Waals surface area (Å²) in [6, 6.07) is 21.6. The van der Waals surface area contributed by atoms with Gasteiger partial charge >= 0.3 is 0 Å². The molecule has 1 atom stereocenters. The fourth-order valence-corrected chi connectivity index (χ4v) is 3.63. The van der Waals surface area contributed by atoms with E-state index in [1.807, 2.05) is 36.4 Å². The van der Waals surface area contributed by atoms with E-state index in [1.54, 1.807) is 31.1 Å². The van der Waals surface area contributed by atoms with Gasteiger partial charge in [-0.15, -0.1) is 0 Å². The number of carbonyl (C=O) groups is 1. The highest BCUT2D eigenvalue weighted by atomic mass is 16.5. The molecule has 0 aromatic heterocycles. The lowest BCUT2D eigenvalue weighted by atomic mass is 10.1. The summed E-state index contributed by atoms with van der Waals surface area (Å²) >= 11 is 0. The molecule has 148 valence electrons. The van der Waals surface area contributed by atoms with Crippen LogP contribution in [0.5, 0.6) is 17.2 Å². The molecule has 0 heterocycles. The molecule has 0 unspecified atom stereocenters. The maximum absolute atomic E-state index is 12.0. The van der Waals surface area contributed by atoms with E-state index in [-0.39, 0.29) is 12.0 Å². The molecule has 1 aliphatic rings. The van der Waals surface area contributed by atoms with Gasteiger partial charge in [0.1, 0.15) is 23.4 Å². The van der Waals surface area contributed by atoms with Crippen LogP contribution >= 0.6 is 0 Å². The summed E-state index contributed by atoms with van der Waals surface area (Å²) in [4.78, 5) is 13.6. The number of carbonyl (C=O) groups excluding carboxylic acids is 1. The van der Waals surface area contributed by atoms with Gasteiger partial charge in [-0.25, -0.2) is 0 Å². The zero-order chi connectivity index (χ0) is 20.4. The molecule has 1 aliphatic carbocycles. The van der Waals surface area contributed by atoms with Crippen molar-refractivity contribution >= 4 is 5.91 Å². The van der Waals surface area contributed by atoms with Crippen molar-refractivity contribution in [3.8, 4) is 17.2 Å². The summed E-state index contributed by atoms with van der Waals surface area (Å²) in [6.07, 6.45) is 1.88. The van der Waals surface area contributed by atoms with Gasteiger partial charge in [0.2, 0.25) is 0 Å². The van der Waals surface area contributed by atoms with Crippen LogP contribution in [0.1, 0.15) is 39.6 Å². The summed E-state index contributed by atoms with van der Waals surface area (Å²) in [5.41, 5.74) is 4.24. The molecule has 29 heavy (non-hydrogen) atoms. The van der Waals surface area contributed by atoms with E-state index in [0.717, 1.165) is 30.1 Å². The molecule has 4 nitrogen and oxygen atoms in total. The van der Waals surface area contributed by atoms with Gasteiger partial charge in [-0.3, -0.25) is 4.79 Å². The van der Waals surface area contributed by atoms with Crippen molar-refractivity contribution in [2.45, 2.75) is 25.9 Å². The van der Waals surface area contributed by atoms with Gasteiger partial charge in [0.15, 0.2) is 0 Å². The van der Waals surface area contributed by atoms with Crippen molar-refractivity contribution in [1.29, 1.82) is 0 Å². The average molecular weight is 387 g/mol. The number of nitrogens with zero attached hydrogens (tertiary/aromatic N) is 1. The monoisotopic (exact) mass is 387 g/mol. The average Bonchev–Trinajstić information content (AvgIpc) is 3.13. The topological polar surface area (TPSA) is 38.8 Å². The van der Waals surface area contributed by atoms with Crippen molar-refractivity contribution in [1.82, 2.24) is 4.90 Å². The Labute approximate surface area is 171 Å². The third-order valence-electron chi connectivity index (χ3n) is 5.21. The third-order valence-corrected chi connectivity index (χ3v) is 5.21. The Hall–Kier alpha value is -3.27. The molecule has 0 saturated heterocycles. The Kier molecular flexibility index (Phi) is 5.26. The van der Waals surface area contributed by atoms with Gasteiger partial charge in [0.05, 0.1) is 0 Å². The van der Waals surface area contributed by atoms with Gasteiger partial charge < -0.3 is 14.4 Å². The lowest BCUT2D eigenvalue weighted by molar-refractivity contribution is 0.0827. The smallest absolute Gasteiger partial charge is 0.253 e. The second kappa shape index (κ2) is 8.00. The second-order valence-electron chi connectivity index (χ2n) is 7.61. The largest absolute Gasteiger partial charge is 0.486 e. The van der Waals surface area contributed by atoms with Crippen LogP contribution in [-0.2, 0) is 6.42 Å². The first-order valence-corrected chi connectivity index (χ1v) is 9.86. The number of rotatable bonds is 5. The van der Waals surface area contributed by atoms with Crippen LogP contribution in [0.3, 0.4) is 0 Å². The van der Waals surface area contributed by atoms with Crippen molar-refractivity contribution in [2.24, 2.45) is 0 Å². The highest BCUT2D eigenvalue weighted by molar-refractivity contribution is 5.93. The Morgan fingerprint density at radius 2 is 1.62 bits per heavy atom. The number of hydrogen-bond donors (Lipinski definition) is 0. The highest BCUT2D eigenvalue weighted by Gasteiger charge is 2.27. The van der Waals surface area contributed by atoms with E-state index in [1.165, 1.54) is 16.7 Å². The van der Waals surface area contributed by atoms with E-state index in [0.29, 0.717) is 5.56 Å². The summed E-state index contributed by atoms with van der Waals surface area (Å²) in [6.45, 7) is 2.07. The summed E-state index contributed by atoms with van der Waals surface area (Å²) in [7, 11) is 3.49. The SMILES string of the molecule is Cc1ccc(O[C@@H]2CCc3c(Oc4ccc(C(=O)N(C)C)cc4)cccc32)cc1. The normalized spacial score (nSPS) is 14.9. The lowest BCUT2D eigenvalue weighted by Gasteiger charge is -2.16. The fourth-order valence-electron chi connectivity index (χ4n) is 3.63.